The van der Waals surface area contributed by atoms with Gasteiger partial charge in [-0.2, -0.15) is 4.98 Å². The molecule has 0 unspecified atom stereocenters. The Kier molecular flexibility index (Phi) is 3.46. The van der Waals surface area contributed by atoms with Crippen LogP contribution in [0.4, 0.5) is 17.3 Å². The van der Waals surface area contributed by atoms with Gasteiger partial charge in [-0.3, -0.25) is 4.99 Å². The van der Waals surface area contributed by atoms with E-state index in [1.165, 1.54) is 5.57 Å². The topological polar surface area (TPSA) is 54.6 Å². The summed E-state index contributed by atoms with van der Waals surface area (Å²) in [6, 6.07) is 22.4. The van der Waals surface area contributed by atoms with Crippen LogP contribution in [-0.4, -0.2) is 20.3 Å². The molecule has 0 bridgehead atoms. The molecule has 1 aliphatic carbocycles. The molecule has 0 fully saturated rings. The molecule has 2 aromatic carbocycles. The summed E-state index contributed by atoms with van der Waals surface area (Å²) in [5, 5.41) is 8.16. The monoisotopic (exact) mass is 375 g/mol. The van der Waals surface area contributed by atoms with Crippen molar-refractivity contribution < 1.29 is 0 Å². The smallest absolute Gasteiger partial charge is 0.247 e. The molecule has 138 valence electrons. The Morgan fingerprint density at radius 3 is 2.72 bits per heavy atom. The SMILES string of the molecule is C1=CCC2=Nc3cccc(Nc4nc5cccc(-c6ccccc6)n5n4)c3C2=C1. The van der Waals surface area contributed by atoms with E-state index in [1.54, 1.807) is 0 Å². The molecule has 0 saturated heterocycles. The number of anilines is 2. The second-order valence-electron chi connectivity index (χ2n) is 7.08. The van der Waals surface area contributed by atoms with Gasteiger partial charge >= 0.3 is 0 Å². The van der Waals surface area contributed by atoms with E-state index in [-0.39, 0.29) is 0 Å². The predicted molar refractivity (Wildman–Crippen MR) is 117 cm³/mol. The molecule has 1 aliphatic heterocycles. The van der Waals surface area contributed by atoms with Gasteiger partial charge in [0.25, 0.3) is 0 Å². The van der Waals surface area contributed by atoms with Crippen LogP contribution in [0.25, 0.3) is 22.5 Å². The lowest BCUT2D eigenvalue weighted by Crippen LogP contribution is -2.02. The summed E-state index contributed by atoms with van der Waals surface area (Å²) in [7, 11) is 0. The number of aliphatic imine (C=N–C) groups is 1. The number of hydrogen-bond acceptors (Lipinski definition) is 4. The number of aromatic nitrogens is 3. The molecule has 4 aromatic rings. The highest BCUT2D eigenvalue weighted by molar-refractivity contribution is 6.31. The maximum absolute atomic E-state index is 4.78. The van der Waals surface area contributed by atoms with Crippen molar-refractivity contribution in [2.75, 3.05) is 5.32 Å². The highest BCUT2D eigenvalue weighted by Gasteiger charge is 2.24. The van der Waals surface area contributed by atoms with Crippen molar-refractivity contribution >= 4 is 34.3 Å². The summed E-state index contributed by atoms with van der Waals surface area (Å²) in [5.74, 6) is 0.571. The van der Waals surface area contributed by atoms with Crippen LogP contribution >= 0.6 is 0 Å². The molecule has 0 amide bonds. The summed E-state index contributed by atoms with van der Waals surface area (Å²) in [5.41, 5.74) is 8.30. The molecular formula is C24H17N5. The lowest BCUT2D eigenvalue weighted by molar-refractivity contribution is 0.973. The van der Waals surface area contributed by atoms with Gasteiger partial charge < -0.3 is 5.32 Å². The maximum Gasteiger partial charge on any atom is 0.247 e. The van der Waals surface area contributed by atoms with Gasteiger partial charge in [0.2, 0.25) is 5.95 Å². The van der Waals surface area contributed by atoms with Crippen LogP contribution in [0.1, 0.15) is 12.0 Å². The Balaban J connectivity index is 1.43. The first-order chi connectivity index (χ1) is 14.4. The summed E-state index contributed by atoms with van der Waals surface area (Å²) >= 11 is 0. The highest BCUT2D eigenvalue weighted by atomic mass is 15.4. The third-order valence-electron chi connectivity index (χ3n) is 5.26. The Morgan fingerprint density at radius 1 is 0.897 bits per heavy atom. The average Bonchev–Trinajstić information content (AvgIpc) is 3.35. The van der Waals surface area contributed by atoms with Gasteiger partial charge in [0.1, 0.15) is 0 Å². The van der Waals surface area contributed by atoms with Crippen molar-refractivity contribution in [3.63, 3.8) is 0 Å². The van der Waals surface area contributed by atoms with Crippen molar-refractivity contribution in [3.05, 3.63) is 90.5 Å². The molecule has 5 nitrogen and oxygen atoms in total. The van der Waals surface area contributed by atoms with Crippen LogP contribution in [0.3, 0.4) is 0 Å². The van der Waals surface area contributed by atoms with Crippen molar-refractivity contribution in [2.24, 2.45) is 4.99 Å². The standard InChI is InChI=1S/C24H17N5/c1-2-8-16(9-3-1)21-14-7-15-22-27-24(28-29(21)22)26-20-13-6-12-19-23(20)17-10-4-5-11-18(17)25-19/h1-10,12-15H,11H2,(H,26,28). The number of hydrogen-bond donors (Lipinski definition) is 1. The summed E-state index contributed by atoms with van der Waals surface area (Å²) < 4.78 is 1.88. The van der Waals surface area contributed by atoms with E-state index in [4.69, 9.17) is 15.1 Å². The van der Waals surface area contributed by atoms with E-state index in [2.05, 4.69) is 53.9 Å². The molecule has 0 atom stereocenters. The van der Waals surface area contributed by atoms with Gasteiger partial charge in [-0.1, -0.05) is 60.7 Å². The number of nitrogens with zero attached hydrogens (tertiary/aromatic N) is 4. The van der Waals surface area contributed by atoms with E-state index in [1.807, 2.05) is 40.9 Å². The van der Waals surface area contributed by atoms with Crippen LogP contribution in [0.2, 0.25) is 0 Å². The van der Waals surface area contributed by atoms with E-state index in [0.29, 0.717) is 5.95 Å². The number of nitrogens with one attached hydrogen (secondary N) is 1. The zero-order chi connectivity index (χ0) is 19.2. The van der Waals surface area contributed by atoms with E-state index < -0.39 is 0 Å². The zero-order valence-electron chi connectivity index (χ0n) is 15.6. The number of pyridine rings is 1. The van der Waals surface area contributed by atoms with Crippen LogP contribution in [0.5, 0.6) is 0 Å². The molecule has 29 heavy (non-hydrogen) atoms. The molecule has 3 heterocycles. The minimum absolute atomic E-state index is 0.571. The normalized spacial score (nSPS) is 14.3. The second-order valence-corrected chi connectivity index (χ2v) is 7.08. The predicted octanol–water partition coefficient (Wildman–Crippen LogP) is 5.57. The van der Waals surface area contributed by atoms with Crippen molar-refractivity contribution in [1.82, 2.24) is 14.6 Å². The summed E-state index contributed by atoms with van der Waals surface area (Å²) in [4.78, 5) is 9.48. The highest BCUT2D eigenvalue weighted by Crippen LogP contribution is 2.42. The van der Waals surface area contributed by atoms with Crippen LogP contribution in [0, 0.1) is 0 Å². The van der Waals surface area contributed by atoms with Gasteiger partial charge in [0.05, 0.1) is 22.8 Å². The lowest BCUT2D eigenvalue weighted by Gasteiger charge is -2.11. The Bertz CT molecular complexity index is 1340. The maximum atomic E-state index is 4.78. The molecule has 2 aromatic heterocycles. The van der Waals surface area contributed by atoms with Crippen molar-refractivity contribution in [3.8, 4) is 11.3 Å². The van der Waals surface area contributed by atoms with Gasteiger partial charge in [-0.25, -0.2) is 4.52 Å². The van der Waals surface area contributed by atoms with Gasteiger partial charge in [0, 0.05) is 23.1 Å². The quantitative estimate of drug-likeness (QED) is 0.509. The first kappa shape index (κ1) is 16.0. The molecular weight excluding hydrogens is 358 g/mol. The average molecular weight is 375 g/mol. The van der Waals surface area contributed by atoms with Gasteiger partial charge in [0.15, 0.2) is 5.65 Å². The second kappa shape index (κ2) is 6.27. The molecule has 0 spiro atoms. The van der Waals surface area contributed by atoms with Gasteiger partial charge in [-0.15, -0.1) is 5.10 Å². The number of fused-ring (bicyclic) bond motifs is 4. The van der Waals surface area contributed by atoms with Crippen molar-refractivity contribution in [2.45, 2.75) is 6.42 Å². The summed E-state index contributed by atoms with van der Waals surface area (Å²) in [6.45, 7) is 0. The molecule has 2 aliphatic rings. The third-order valence-corrected chi connectivity index (χ3v) is 5.26. The van der Waals surface area contributed by atoms with Crippen molar-refractivity contribution in [1.29, 1.82) is 0 Å². The van der Waals surface area contributed by atoms with E-state index in [9.17, 15) is 0 Å². The number of allylic oxidation sites excluding steroid dienone is 4. The molecule has 6 rings (SSSR count). The first-order valence-corrected chi connectivity index (χ1v) is 9.63. The summed E-state index contributed by atoms with van der Waals surface area (Å²) in [6.07, 6.45) is 7.22. The molecule has 0 saturated carbocycles. The first-order valence-electron chi connectivity index (χ1n) is 9.63. The Labute approximate surface area is 167 Å². The Morgan fingerprint density at radius 2 is 1.79 bits per heavy atom. The molecule has 1 N–H and O–H groups in total. The van der Waals surface area contributed by atoms with Crippen LogP contribution in [0.15, 0.2) is 90.0 Å². The largest absolute Gasteiger partial charge is 0.322 e. The number of rotatable bonds is 3. The van der Waals surface area contributed by atoms with Gasteiger partial charge in [-0.05, 0) is 24.3 Å². The molecule has 5 heteroatoms. The minimum atomic E-state index is 0.571. The van der Waals surface area contributed by atoms with E-state index >= 15 is 0 Å². The third kappa shape index (κ3) is 2.59. The van der Waals surface area contributed by atoms with Crippen LogP contribution in [-0.2, 0) is 0 Å². The fourth-order valence-electron chi connectivity index (χ4n) is 3.96. The fraction of sp³-hybridized carbons (Fsp3) is 0.0417. The molecule has 0 radical (unpaired) electrons. The minimum Gasteiger partial charge on any atom is -0.322 e. The lowest BCUT2D eigenvalue weighted by atomic mass is 9.96. The number of benzene rings is 2. The van der Waals surface area contributed by atoms with Crippen LogP contribution < -0.4 is 5.32 Å². The zero-order valence-corrected chi connectivity index (χ0v) is 15.6. The Hall–Kier alpha value is -3.99. The van der Waals surface area contributed by atoms with E-state index in [0.717, 1.165) is 46.0 Å². The fourth-order valence-corrected chi connectivity index (χ4v) is 3.96.